The maximum atomic E-state index is 13.2. The van der Waals surface area contributed by atoms with Gasteiger partial charge in [-0.05, 0) is 56.1 Å². The van der Waals surface area contributed by atoms with Crippen LogP contribution >= 0.6 is 0 Å². The number of phenols is 2. The molecule has 2 aliphatic rings. The summed E-state index contributed by atoms with van der Waals surface area (Å²) < 4.78 is 5.66. The lowest BCUT2D eigenvalue weighted by Crippen LogP contribution is -2.37. The van der Waals surface area contributed by atoms with Crippen molar-refractivity contribution in [3.8, 4) is 11.5 Å². The van der Waals surface area contributed by atoms with Gasteiger partial charge in [-0.3, -0.25) is 4.79 Å². The number of likely N-dealkylation sites (tertiary alicyclic amines) is 1. The summed E-state index contributed by atoms with van der Waals surface area (Å²) in [6.07, 6.45) is 12.0. The number of carbonyl (C=O) groups is 2. The smallest absolute Gasteiger partial charge is 0.342 e. The van der Waals surface area contributed by atoms with Gasteiger partial charge in [-0.1, -0.05) is 44.2 Å². The summed E-state index contributed by atoms with van der Waals surface area (Å²) in [4.78, 5) is 33.0. The Labute approximate surface area is 219 Å². The average molecular weight is 513 g/mol. The summed E-state index contributed by atoms with van der Waals surface area (Å²) in [5.74, 6) is -1.11. The van der Waals surface area contributed by atoms with Gasteiger partial charge in [0.1, 0.15) is 23.2 Å². The number of benzene rings is 1. The first-order valence-electron chi connectivity index (χ1n) is 13.3. The van der Waals surface area contributed by atoms with E-state index in [2.05, 4.69) is 18.2 Å². The molecule has 1 amide bonds. The van der Waals surface area contributed by atoms with Crippen LogP contribution in [0.25, 0.3) is 0 Å². The number of cyclic esters (lactones) is 1. The van der Waals surface area contributed by atoms with Crippen molar-refractivity contribution in [1.29, 1.82) is 0 Å². The summed E-state index contributed by atoms with van der Waals surface area (Å²) in [5.41, 5.74) is 1.44. The van der Waals surface area contributed by atoms with E-state index in [1.165, 1.54) is 6.07 Å². The van der Waals surface area contributed by atoms with Crippen LogP contribution in [0.5, 0.6) is 11.5 Å². The second kappa shape index (κ2) is 13.3. The van der Waals surface area contributed by atoms with Gasteiger partial charge < -0.3 is 24.7 Å². The van der Waals surface area contributed by atoms with E-state index in [1.807, 2.05) is 32.1 Å². The Morgan fingerprint density at radius 2 is 1.86 bits per heavy atom. The Hall–Kier alpha value is -3.29. The van der Waals surface area contributed by atoms with Crippen LogP contribution in [0.3, 0.4) is 0 Å². The van der Waals surface area contributed by atoms with Gasteiger partial charge in [-0.25, -0.2) is 4.79 Å². The van der Waals surface area contributed by atoms with Crippen molar-refractivity contribution in [2.45, 2.75) is 78.2 Å². The normalized spacial score (nSPS) is 24.2. The number of amides is 1. The molecule has 2 heterocycles. The van der Waals surface area contributed by atoms with Crippen LogP contribution in [-0.4, -0.2) is 58.5 Å². The number of nitrogens with zero attached hydrogens (tertiary/aromatic N) is 2. The number of esters is 1. The minimum absolute atomic E-state index is 0.00764. The Bertz CT molecular complexity index is 1050. The van der Waals surface area contributed by atoms with Crippen LogP contribution < -0.4 is 0 Å². The summed E-state index contributed by atoms with van der Waals surface area (Å²) in [6, 6.07) is 1.19. The van der Waals surface area contributed by atoms with Gasteiger partial charge in [-0.15, -0.1) is 0 Å². The molecule has 0 bridgehead atoms. The van der Waals surface area contributed by atoms with E-state index in [-0.39, 0.29) is 47.8 Å². The Morgan fingerprint density at radius 1 is 1.14 bits per heavy atom. The molecule has 1 saturated heterocycles. The van der Waals surface area contributed by atoms with Crippen molar-refractivity contribution in [1.82, 2.24) is 4.90 Å². The molecule has 0 aromatic heterocycles. The molecule has 1 fully saturated rings. The van der Waals surface area contributed by atoms with Gasteiger partial charge in [0.15, 0.2) is 6.61 Å². The molecule has 3 rings (SSSR count). The highest BCUT2D eigenvalue weighted by atomic mass is 16.6. The zero-order valence-electron chi connectivity index (χ0n) is 22.4. The first-order chi connectivity index (χ1) is 17.7. The quantitative estimate of drug-likeness (QED) is 0.325. The Kier molecular flexibility index (Phi) is 10.2. The number of piperidine rings is 1. The van der Waals surface area contributed by atoms with E-state index >= 15 is 0 Å². The molecule has 0 radical (unpaired) electrons. The summed E-state index contributed by atoms with van der Waals surface area (Å²) in [7, 11) is 0. The molecule has 202 valence electrons. The lowest BCUT2D eigenvalue weighted by atomic mass is 9.88. The number of hydrogen-bond acceptors (Lipinski definition) is 7. The molecule has 1 aromatic carbocycles. The largest absolute Gasteiger partial charge is 0.508 e. The molecule has 2 N–H and O–H groups in total. The van der Waals surface area contributed by atoms with Crippen molar-refractivity contribution >= 4 is 17.6 Å². The van der Waals surface area contributed by atoms with Crippen LogP contribution in [0.1, 0.15) is 87.2 Å². The molecule has 37 heavy (non-hydrogen) atoms. The van der Waals surface area contributed by atoms with Crippen molar-refractivity contribution in [3.63, 3.8) is 0 Å². The Balaban J connectivity index is 1.99. The molecule has 2 atom stereocenters. The number of hydrogen-bond donors (Lipinski definition) is 2. The van der Waals surface area contributed by atoms with Gasteiger partial charge in [0.25, 0.3) is 5.91 Å². The number of carbonyl (C=O) groups excluding carboxylic acids is 2. The van der Waals surface area contributed by atoms with Gasteiger partial charge >= 0.3 is 5.97 Å². The van der Waals surface area contributed by atoms with E-state index in [1.54, 1.807) is 11.8 Å². The number of allylic oxidation sites excluding steroid dienone is 3. The fraction of sp³-hybridized carbons (Fsp3) is 0.552. The molecule has 1 aromatic rings. The van der Waals surface area contributed by atoms with Crippen LogP contribution in [-0.2, 0) is 20.8 Å². The third kappa shape index (κ3) is 7.84. The third-order valence-corrected chi connectivity index (χ3v) is 6.71. The highest BCUT2D eigenvalue weighted by Crippen LogP contribution is 2.38. The fourth-order valence-electron chi connectivity index (χ4n) is 4.78. The lowest BCUT2D eigenvalue weighted by molar-refractivity contribution is -0.137. The van der Waals surface area contributed by atoms with Crippen molar-refractivity contribution in [2.24, 2.45) is 11.1 Å². The molecule has 0 saturated carbocycles. The molecule has 0 spiro atoms. The molecule has 0 unspecified atom stereocenters. The Morgan fingerprint density at radius 3 is 2.57 bits per heavy atom. The van der Waals surface area contributed by atoms with Crippen molar-refractivity contribution < 1.29 is 29.4 Å². The molecular formula is C29H40N2O6. The SMILES string of the molecule is CC(C)c1c(O)cc(O)c2c1CC(=NOCC(=O)N1CCCCC1)/C=C/C[C@@H](C)/C=C/C[C@@H](C)OC2=O. The number of fused-ring (bicyclic) bond motifs is 1. The maximum Gasteiger partial charge on any atom is 0.342 e. The number of aromatic hydroxyl groups is 2. The van der Waals surface area contributed by atoms with E-state index < -0.39 is 12.1 Å². The van der Waals surface area contributed by atoms with Gasteiger partial charge in [0.2, 0.25) is 0 Å². The standard InChI is InChI=1S/C29H40N2O6/c1-19(2)27-23-16-22(30-36-18-26(34)31-14-6-5-7-15-31)13-9-11-20(3)10-8-12-21(4)37-29(35)28(23)25(33)17-24(27)32/h8-10,13,17,19-21,32-33H,5-7,11-12,14-16,18H2,1-4H3/b10-8+,13-9+,30-22?/t20-,21+/m0/s1. The second-order valence-electron chi connectivity index (χ2n) is 10.3. The predicted molar refractivity (Wildman–Crippen MR) is 143 cm³/mol. The van der Waals surface area contributed by atoms with Crippen molar-refractivity contribution in [3.05, 3.63) is 47.1 Å². The topological polar surface area (TPSA) is 109 Å². The minimum atomic E-state index is -0.662. The highest BCUT2D eigenvalue weighted by Gasteiger charge is 2.27. The second-order valence-corrected chi connectivity index (χ2v) is 10.3. The first kappa shape index (κ1) is 28.3. The number of phenolic OH excluding ortho intramolecular Hbond substituents is 2. The number of oxime groups is 1. The summed E-state index contributed by atoms with van der Waals surface area (Å²) >= 11 is 0. The van der Waals surface area contributed by atoms with Gasteiger partial charge in [-0.2, -0.15) is 0 Å². The predicted octanol–water partition coefficient (Wildman–Crippen LogP) is 5.24. The summed E-state index contributed by atoms with van der Waals surface area (Å²) in [5, 5.41) is 25.6. The molecular weight excluding hydrogens is 472 g/mol. The molecule has 8 heteroatoms. The third-order valence-electron chi connectivity index (χ3n) is 6.71. The van der Waals surface area contributed by atoms with Crippen LogP contribution in [0.2, 0.25) is 0 Å². The highest BCUT2D eigenvalue weighted by molar-refractivity contribution is 6.01. The van der Waals surface area contributed by atoms with Crippen LogP contribution in [0.4, 0.5) is 0 Å². The fourth-order valence-corrected chi connectivity index (χ4v) is 4.78. The summed E-state index contributed by atoms with van der Waals surface area (Å²) in [6.45, 7) is 8.99. The molecule has 2 aliphatic heterocycles. The van der Waals surface area contributed by atoms with Gasteiger partial charge in [0.05, 0.1) is 5.71 Å². The van der Waals surface area contributed by atoms with Crippen molar-refractivity contribution in [2.75, 3.05) is 19.7 Å². The minimum Gasteiger partial charge on any atom is -0.508 e. The molecule has 0 aliphatic carbocycles. The van der Waals surface area contributed by atoms with E-state index in [0.717, 1.165) is 38.8 Å². The van der Waals surface area contributed by atoms with Gasteiger partial charge in [0, 0.05) is 37.6 Å². The average Bonchev–Trinajstić information content (AvgIpc) is 2.83. The lowest BCUT2D eigenvalue weighted by Gasteiger charge is -2.26. The van der Waals surface area contributed by atoms with E-state index in [0.29, 0.717) is 23.3 Å². The van der Waals surface area contributed by atoms with Crippen LogP contribution in [0.15, 0.2) is 35.5 Å². The molecule has 8 nitrogen and oxygen atoms in total. The zero-order chi connectivity index (χ0) is 26.9. The monoisotopic (exact) mass is 512 g/mol. The van der Waals surface area contributed by atoms with E-state index in [4.69, 9.17) is 9.57 Å². The van der Waals surface area contributed by atoms with Crippen LogP contribution in [0, 0.1) is 5.92 Å². The van der Waals surface area contributed by atoms with E-state index in [9.17, 15) is 19.8 Å². The number of rotatable bonds is 4. The number of ether oxygens (including phenoxy) is 1. The zero-order valence-corrected chi connectivity index (χ0v) is 22.4. The maximum absolute atomic E-state index is 13.2. The first-order valence-corrected chi connectivity index (χ1v) is 13.3.